The molecule has 1 amide bonds. The van der Waals surface area contributed by atoms with Gasteiger partial charge >= 0.3 is 0 Å². The normalized spacial score (nSPS) is 17.2. The average molecular weight is 396 g/mol. The van der Waals surface area contributed by atoms with Crippen molar-refractivity contribution in [3.63, 3.8) is 0 Å². The van der Waals surface area contributed by atoms with E-state index in [9.17, 15) is 4.79 Å². The number of nitrogens with one attached hydrogen (secondary N) is 1. The zero-order valence-corrected chi connectivity index (χ0v) is 17.7. The maximum absolute atomic E-state index is 12.5. The van der Waals surface area contributed by atoms with Crippen LogP contribution in [-0.4, -0.2) is 48.6 Å². The standard InChI is InChI=1S/C24H33N3O2/c1-19-14-23(15-20(2)26-19)24(28)25-16-22-10-6-11-27(17-22)12-7-13-29-18-21-8-4-3-5-9-21/h3-5,8-9,14-15,22H,6-7,10-13,16-18H2,1-2H3,(H,25,28). The largest absolute Gasteiger partial charge is 0.377 e. The topological polar surface area (TPSA) is 54.5 Å². The molecule has 1 aliphatic heterocycles. The quantitative estimate of drug-likeness (QED) is 0.657. The Labute approximate surface area is 174 Å². The summed E-state index contributed by atoms with van der Waals surface area (Å²) in [5.74, 6) is 0.520. The van der Waals surface area contributed by atoms with Gasteiger partial charge in [-0.1, -0.05) is 30.3 Å². The van der Waals surface area contributed by atoms with E-state index in [1.165, 1.54) is 18.4 Å². The Hall–Kier alpha value is -2.24. The Balaban J connectivity index is 1.34. The van der Waals surface area contributed by atoms with Gasteiger partial charge in [-0.2, -0.15) is 0 Å². The van der Waals surface area contributed by atoms with Gasteiger partial charge in [0.05, 0.1) is 6.61 Å². The number of benzene rings is 1. The summed E-state index contributed by atoms with van der Waals surface area (Å²) in [6.07, 6.45) is 3.41. The van der Waals surface area contributed by atoms with Crippen LogP contribution in [0.5, 0.6) is 0 Å². The number of piperidine rings is 1. The molecule has 1 atom stereocenters. The summed E-state index contributed by atoms with van der Waals surface area (Å²) in [5, 5.41) is 3.12. The summed E-state index contributed by atoms with van der Waals surface area (Å²) in [7, 11) is 0. The van der Waals surface area contributed by atoms with Crippen LogP contribution in [0.1, 0.15) is 46.6 Å². The highest BCUT2D eigenvalue weighted by molar-refractivity contribution is 5.94. The fraction of sp³-hybridized carbons (Fsp3) is 0.500. The first kappa shape index (κ1) is 21.5. The van der Waals surface area contributed by atoms with Crippen LogP contribution in [0.15, 0.2) is 42.5 Å². The van der Waals surface area contributed by atoms with Gasteiger partial charge in [-0.15, -0.1) is 0 Å². The smallest absolute Gasteiger partial charge is 0.251 e. The van der Waals surface area contributed by atoms with Gasteiger partial charge in [-0.25, -0.2) is 0 Å². The Bertz CT molecular complexity index is 759. The predicted octanol–water partition coefficient (Wildman–Crippen LogP) is 3.75. The first-order chi connectivity index (χ1) is 14.1. The summed E-state index contributed by atoms with van der Waals surface area (Å²) in [4.78, 5) is 19.3. The van der Waals surface area contributed by atoms with Crippen molar-refractivity contribution in [1.29, 1.82) is 0 Å². The van der Waals surface area contributed by atoms with Gasteiger partial charge in [0, 0.05) is 43.2 Å². The molecule has 5 nitrogen and oxygen atoms in total. The number of ether oxygens (including phenoxy) is 1. The van der Waals surface area contributed by atoms with Crippen molar-refractivity contribution in [3.05, 3.63) is 65.0 Å². The second-order valence-corrected chi connectivity index (χ2v) is 8.05. The third-order valence-electron chi connectivity index (χ3n) is 5.37. The molecular weight excluding hydrogens is 362 g/mol. The van der Waals surface area contributed by atoms with Crippen molar-refractivity contribution in [2.45, 2.75) is 39.7 Å². The lowest BCUT2D eigenvalue weighted by Gasteiger charge is -2.32. The van der Waals surface area contributed by atoms with E-state index in [1.54, 1.807) is 0 Å². The van der Waals surface area contributed by atoms with Crippen LogP contribution in [0.3, 0.4) is 0 Å². The summed E-state index contributed by atoms with van der Waals surface area (Å²) >= 11 is 0. The van der Waals surface area contributed by atoms with Crippen molar-refractivity contribution in [1.82, 2.24) is 15.2 Å². The highest BCUT2D eigenvalue weighted by atomic mass is 16.5. The molecule has 1 unspecified atom stereocenters. The van der Waals surface area contributed by atoms with Crippen LogP contribution < -0.4 is 5.32 Å². The van der Waals surface area contributed by atoms with E-state index in [1.807, 2.05) is 44.2 Å². The second-order valence-electron chi connectivity index (χ2n) is 8.05. The molecule has 3 rings (SSSR count). The first-order valence-electron chi connectivity index (χ1n) is 10.7. The van der Waals surface area contributed by atoms with E-state index >= 15 is 0 Å². The predicted molar refractivity (Wildman–Crippen MR) is 116 cm³/mol. The van der Waals surface area contributed by atoms with Crippen LogP contribution in [0.4, 0.5) is 0 Å². The first-order valence-corrected chi connectivity index (χ1v) is 10.7. The third-order valence-corrected chi connectivity index (χ3v) is 5.37. The number of likely N-dealkylation sites (tertiary alicyclic amines) is 1. The van der Waals surface area contributed by atoms with Gasteiger partial charge in [-0.05, 0) is 63.3 Å². The average Bonchev–Trinajstić information content (AvgIpc) is 2.72. The number of amides is 1. The fourth-order valence-corrected chi connectivity index (χ4v) is 3.98. The maximum Gasteiger partial charge on any atom is 0.251 e. The lowest BCUT2D eigenvalue weighted by Crippen LogP contribution is -2.41. The van der Waals surface area contributed by atoms with E-state index in [0.717, 1.165) is 50.6 Å². The Morgan fingerprint density at radius 3 is 2.72 bits per heavy atom. The number of carbonyl (C=O) groups excluding carboxylic acids is 1. The number of aryl methyl sites for hydroxylation is 2. The molecule has 1 N–H and O–H groups in total. The zero-order chi connectivity index (χ0) is 20.5. The molecule has 1 aromatic carbocycles. The monoisotopic (exact) mass is 395 g/mol. The molecule has 5 heteroatoms. The van der Waals surface area contributed by atoms with Gasteiger partial charge in [-0.3, -0.25) is 9.78 Å². The number of aromatic nitrogens is 1. The number of rotatable bonds is 9. The van der Waals surface area contributed by atoms with Crippen LogP contribution in [0.2, 0.25) is 0 Å². The van der Waals surface area contributed by atoms with Crippen LogP contribution in [0.25, 0.3) is 0 Å². The van der Waals surface area contributed by atoms with Gasteiger partial charge in [0.1, 0.15) is 0 Å². The minimum Gasteiger partial charge on any atom is -0.377 e. The number of carbonyl (C=O) groups is 1. The molecule has 156 valence electrons. The highest BCUT2D eigenvalue weighted by Crippen LogP contribution is 2.16. The van der Waals surface area contributed by atoms with E-state index < -0.39 is 0 Å². The van der Waals surface area contributed by atoms with E-state index in [4.69, 9.17) is 4.74 Å². The van der Waals surface area contributed by atoms with Gasteiger partial charge in [0.15, 0.2) is 0 Å². The molecule has 0 saturated carbocycles. The van der Waals surface area contributed by atoms with Gasteiger partial charge in [0.2, 0.25) is 0 Å². The molecule has 0 radical (unpaired) electrons. The lowest BCUT2D eigenvalue weighted by molar-refractivity contribution is 0.0908. The fourth-order valence-electron chi connectivity index (χ4n) is 3.98. The molecular formula is C24H33N3O2. The molecule has 1 fully saturated rings. The molecule has 2 aromatic rings. The molecule has 2 heterocycles. The molecule has 0 bridgehead atoms. The molecule has 1 aliphatic rings. The van der Waals surface area contributed by atoms with Crippen LogP contribution >= 0.6 is 0 Å². The lowest BCUT2D eigenvalue weighted by atomic mass is 9.97. The van der Waals surface area contributed by atoms with Crippen LogP contribution in [-0.2, 0) is 11.3 Å². The second kappa shape index (κ2) is 11.1. The van der Waals surface area contributed by atoms with Gasteiger partial charge in [0.25, 0.3) is 5.91 Å². The molecule has 0 spiro atoms. The zero-order valence-electron chi connectivity index (χ0n) is 17.7. The molecule has 1 aromatic heterocycles. The minimum absolute atomic E-state index is 0.00466. The minimum atomic E-state index is 0.00466. The number of hydrogen-bond donors (Lipinski definition) is 1. The van der Waals surface area contributed by atoms with Crippen molar-refractivity contribution < 1.29 is 9.53 Å². The van der Waals surface area contributed by atoms with E-state index in [-0.39, 0.29) is 5.91 Å². The van der Waals surface area contributed by atoms with Crippen molar-refractivity contribution in [2.24, 2.45) is 5.92 Å². The Morgan fingerprint density at radius 2 is 1.97 bits per heavy atom. The summed E-state index contributed by atoms with van der Waals surface area (Å²) in [6, 6.07) is 14.0. The maximum atomic E-state index is 12.5. The van der Waals surface area contributed by atoms with Gasteiger partial charge < -0.3 is 15.0 Å². The van der Waals surface area contributed by atoms with E-state index in [2.05, 4.69) is 27.3 Å². The summed E-state index contributed by atoms with van der Waals surface area (Å²) < 4.78 is 5.80. The van der Waals surface area contributed by atoms with Crippen molar-refractivity contribution >= 4 is 5.91 Å². The summed E-state index contributed by atoms with van der Waals surface area (Å²) in [6.45, 7) is 9.30. The Kier molecular flexibility index (Phi) is 8.20. The van der Waals surface area contributed by atoms with E-state index in [0.29, 0.717) is 18.1 Å². The Morgan fingerprint density at radius 1 is 1.21 bits per heavy atom. The third kappa shape index (κ3) is 7.26. The van der Waals surface area contributed by atoms with Crippen molar-refractivity contribution in [2.75, 3.05) is 32.8 Å². The summed E-state index contributed by atoms with van der Waals surface area (Å²) in [5.41, 5.74) is 3.70. The number of pyridine rings is 1. The molecule has 29 heavy (non-hydrogen) atoms. The van der Waals surface area contributed by atoms with Crippen molar-refractivity contribution in [3.8, 4) is 0 Å². The molecule has 0 aliphatic carbocycles. The SMILES string of the molecule is Cc1cc(C(=O)NCC2CCCN(CCCOCc3ccccc3)C2)cc(C)n1. The highest BCUT2D eigenvalue weighted by Gasteiger charge is 2.20. The van der Waals surface area contributed by atoms with Crippen LogP contribution in [0, 0.1) is 19.8 Å². The number of nitrogens with zero attached hydrogens (tertiary/aromatic N) is 2. The molecule has 1 saturated heterocycles. The number of hydrogen-bond acceptors (Lipinski definition) is 4.